The van der Waals surface area contributed by atoms with Crippen molar-refractivity contribution in [3.05, 3.63) is 35.9 Å². The fourth-order valence-corrected chi connectivity index (χ4v) is 3.14. The van der Waals surface area contributed by atoms with E-state index in [1.165, 1.54) is 12.8 Å². The maximum atomic E-state index is 9.38. The van der Waals surface area contributed by atoms with Crippen LogP contribution in [-0.2, 0) is 4.74 Å². The minimum atomic E-state index is 0.276. The number of nitriles is 1. The first kappa shape index (κ1) is 12.6. The van der Waals surface area contributed by atoms with E-state index in [1.54, 1.807) is 0 Å². The maximum Gasteiger partial charge on any atom is 0.144 e. The van der Waals surface area contributed by atoms with Crippen molar-refractivity contribution in [2.45, 2.75) is 31.4 Å². The summed E-state index contributed by atoms with van der Waals surface area (Å²) in [6.07, 6.45) is 3.79. The molecule has 1 aliphatic carbocycles. The van der Waals surface area contributed by atoms with Gasteiger partial charge >= 0.3 is 0 Å². The van der Waals surface area contributed by atoms with Gasteiger partial charge in [0.25, 0.3) is 0 Å². The molecule has 0 bridgehead atoms. The first-order valence-corrected chi connectivity index (χ1v) is 7.53. The van der Waals surface area contributed by atoms with Crippen LogP contribution in [0.4, 0.5) is 5.82 Å². The third-order valence-corrected chi connectivity index (χ3v) is 4.39. The Morgan fingerprint density at radius 1 is 1.24 bits per heavy atom. The van der Waals surface area contributed by atoms with Crippen molar-refractivity contribution in [1.29, 1.82) is 5.26 Å². The first-order valence-electron chi connectivity index (χ1n) is 7.53. The Kier molecular flexibility index (Phi) is 3.01. The zero-order chi connectivity index (χ0) is 14.2. The van der Waals surface area contributed by atoms with E-state index in [4.69, 9.17) is 4.74 Å². The first-order chi connectivity index (χ1) is 10.3. The molecule has 2 aliphatic rings. The topological polar surface area (TPSA) is 57.9 Å². The number of hydrogen-bond acceptors (Lipinski definition) is 4. The molecule has 1 aromatic heterocycles. The molecule has 2 unspecified atom stereocenters. The third-order valence-electron chi connectivity index (χ3n) is 4.39. The normalized spacial score (nSPS) is 24.9. The molecule has 4 rings (SSSR count). The SMILES string of the molecule is N#Cc1cc2ccccc2nc1NC1CCOC1C1CC1. The van der Waals surface area contributed by atoms with Gasteiger partial charge in [-0.2, -0.15) is 5.26 Å². The van der Waals surface area contributed by atoms with E-state index < -0.39 is 0 Å². The zero-order valence-corrected chi connectivity index (χ0v) is 11.7. The lowest BCUT2D eigenvalue weighted by molar-refractivity contribution is 0.0898. The molecule has 4 nitrogen and oxygen atoms in total. The van der Waals surface area contributed by atoms with Crippen molar-refractivity contribution in [3.8, 4) is 6.07 Å². The number of ether oxygens (including phenoxy) is 1. The molecule has 2 fully saturated rings. The van der Waals surface area contributed by atoms with E-state index in [-0.39, 0.29) is 12.1 Å². The molecule has 1 aliphatic heterocycles. The number of pyridine rings is 1. The molecular weight excluding hydrogens is 262 g/mol. The molecule has 2 atom stereocenters. The highest BCUT2D eigenvalue weighted by Gasteiger charge is 2.40. The minimum absolute atomic E-state index is 0.276. The van der Waals surface area contributed by atoms with Crippen LogP contribution in [0.5, 0.6) is 0 Å². The number of nitrogens with one attached hydrogen (secondary N) is 1. The predicted octanol–water partition coefficient (Wildman–Crippen LogP) is 3.09. The van der Waals surface area contributed by atoms with Crippen LogP contribution in [-0.4, -0.2) is 23.7 Å². The number of para-hydroxylation sites is 1. The van der Waals surface area contributed by atoms with Crippen LogP contribution < -0.4 is 5.32 Å². The molecule has 0 amide bonds. The summed E-state index contributed by atoms with van der Waals surface area (Å²) < 4.78 is 5.85. The highest BCUT2D eigenvalue weighted by molar-refractivity contribution is 5.82. The van der Waals surface area contributed by atoms with E-state index >= 15 is 0 Å². The third kappa shape index (κ3) is 2.34. The predicted molar refractivity (Wildman–Crippen MR) is 80.9 cm³/mol. The quantitative estimate of drug-likeness (QED) is 0.938. The summed E-state index contributed by atoms with van der Waals surface area (Å²) in [7, 11) is 0. The molecule has 1 N–H and O–H groups in total. The number of aromatic nitrogens is 1. The summed E-state index contributed by atoms with van der Waals surface area (Å²) >= 11 is 0. The Labute approximate surface area is 123 Å². The highest BCUT2D eigenvalue weighted by Crippen LogP contribution is 2.39. The van der Waals surface area contributed by atoms with Gasteiger partial charge < -0.3 is 10.1 Å². The summed E-state index contributed by atoms with van der Waals surface area (Å²) in [6, 6.07) is 12.3. The van der Waals surface area contributed by atoms with Gasteiger partial charge in [-0.05, 0) is 37.3 Å². The van der Waals surface area contributed by atoms with Gasteiger partial charge in [-0.15, -0.1) is 0 Å². The summed E-state index contributed by atoms with van der Waals surface area (Å²) in [5.41, 5.74) is 1.52. The van der Waals surface area contributed by atoms with Crippen molar-refractivity contribution >= 4 is 16.7 Å². The molecule has 4 heteroatoms. The zero-order valence-electron chi connectivity index (χ0n) is 11.7. The van der Waals surface area contributed by atoms with Crippen molar-refractivity contribution < 1.29 is 4.74 Å². The number of fused-ring (bicyclic) bond motifs is 1. The van der Waals surface area contributed by atoms with Crippen molar-refractivity contribution in [2.75, 3.05) is 11.9 Å². The van der Waals surface area contributed by atoms with Crippen LogP contribution in [0.1, 0.15) is 24.8 Å². The van der Waals surface area contributed by atoms with Gasteiger partial charge in [0.15, 0.2) is 0 Å². The molecule has 1 aromatic carbocycles. The fraction of sp³-hybridized carbons (Fsp3) is 0.412. The average molecular weight is 279 g/mol. The Balaban J connectivity index is 1.67. The van der Waals surface area contributed by atoms with E-state index in [0.29, 0.717) is 17.3 Å². The van der Waals surface area contributed by atoms with Crippen molar-refractivity contribution in [2.24, 2.45) is 5.92 Å². The van der Waals surface area contributed by atoms with Crippen LogP contribution in [0.25, 0.3) is 10.9 Å². The van der Waals surface area contributed by atoms with Gasteiger partial charge in [0.1, 0.15) is 11.9 Å². The second-order valence-corrected chi connectivity index (χ2v) is 5.90. The summed E-state index contributed by atoms with van der Waals surface area (Å²) in [5.74, 6) is 1.38. The molecular formula is C17H17N3O. The Hall–Kier alpha value is -2.12. The molecule has 1 saturated heterocycles. The molecule has 2 aromatic rings. The lowest BCUT2D eigenvalue weighted by atomic mass is 10.1. The van der Waals surface area contributed by atoms with Crippen LogP contribution in [0.15, 0.2) is 30.3 Å². The van der Waals surface area contributed by atoms with Crippen LogP contribution in [0.3, 0.4) is 0 Å². The van der Waals surface area contributed by atoms with Crippen LogP contribution in [0.2, 0.25) is 0 Å². The number of rotatable bonds is 3. The van der Waals surface area contributed by atoms with Gasteiger partial charge in [-0.3, -0.25) is 0 Å². The highest BCUT2D eigenvalue weighted by atomic mass is 16.5. The Bertz CT molecular complexity index is 718. The largest absolute Gasteiger partial charge is 0.376 e. The number of anilines is 1. The standard InChI is InChI=1S/C17H17N3O/c18-10-13-9-12-3-1-2-4-14(12)19-17(13)20-15-7-8-21-16(15)11-5-6-11/h1-4,9,11,15-16H,5-8H2,(H,19,20). The second kappa shape index (κ2) is 5.01. The molecule has 106 valence electrons. The van der Waals surface area contributed by atoms with Gasteiger partial charge in [0.2, 0.25) is 0 Å². The minimum Gasteiger partial charge on any atom is -0.376 e. The Morgan fingerprint density at radius 3 is 2.90 bits per heavy atom. The van der Waals surface area contributed by atoms with E-state index in [9.17, 15) is 5.26 Å². The second-order valence-electron chi connectivity index (χ2n) is 5.90. The molecule has 0 radical (unpaired) electrons. The number of benzene rings is 1. The van der Waals surface area contributed by atoms with E-state index in [0.717, 1.165) is 23.9 Å². The smallest absolute Gasteiger partial charge is 0.144 e. The number of hydrogen-bond donors (Lipinski definition) is 1. The monoisotopic (exact) mass is 279 g/mol. The van der Waals surface area contributed by atoms with Gasteiger partial charge in [-0.25, -0.2) is 4.98 Å². The summed E-state index contributed by atoms with van der Waals surface area (Å²) in [5, 5.41) is 13.8. The maximum absolute atomic E-state index is 9.38. The average Bonchev–Trinajstić information content (AvgIpc) is 3.26. The number of nitrogens with zero attached hydrogens (tertiary/aromatic N) is 2. The van der Waals surface area contributed by atoms with Crippen LogP contribution in [0, 0.1) is 17.2 Å². The summed E-state index contributed by atoms with van der Waals surface area (Å²) in [6.45, 7) is 0.800. The molecule has 2 heterocycles. The van der Waals surface area contributed by atoms with Crippen molar-refractivity contribution in [1.82, 2.24) is 4.98 Å². The van der Waals surface area contributed by atoms with Gasteiger partial charge in [0.05, 0.1) is 23.2 Å². The lowest BCUT2D eigenvalue weighted by Crippen LogP contribution is -2.31. The van der Waals surface area contributed by atoms with Crippen LogP contribution >= 0.6 is 0 Å². The van der Waals surface area contributed by atoms with E-state index in [1.807, 2.05) is 30.3 Å². The summed E-state index contributed by atoms with van der Waals surface area (Å²) in [4.78, 5) is 4.63. The van der Waals surface area contributed by atoms with Crippen molar-refractivity contribution in [3.63, 3.8) is 0 Å². The Morgan fingerprint density at radius 2 is 2.10 bits per heavy atom. The molecule has 0 spiro atoms. The fourth-order valence-electron chi connectivity index (χ4n) is 3.14. The molecule has 21 heavy (non-hydrogen) atoms. The van der Waals surface area contributed by atoms with Gasteiger partial charge in [0, 0.05) is 12.0 Å². The molecule has 1 saturated carbocycles. The van der Waals surface area contributed by atoms with E-state index in [2.05, 4.69) is 16.4 Å². The lowest BCUT2D eigenvalue weighted by Gasteiger charge is -2.20. The van der Waals surface area contributed by atoms with Gasteiger partial charge in [-0.1, -0.05) is 18.2 Å².